The normalized spacial score (nSPS) is 10.6. The summed E-state index contributed by atoms with van der Waals surface area (Å²) in [6.45, 7) is 1.47. The Hall–Kier alpha value is -0.490. The molecule has 3 aromatic rings. The number of hydrogen-bond donors (Lipinski definition) is 1. The molecule has 3 rings (SSSR count). The van der Waals surface area contributed by atoms with Crippen molar-refractivity contribution in [2.75, 3.05) is 6.54 Å². The smallest absolute Gasteiger partial charge is 0.135 e. The van der Waals surface area contributed by atoms with Gasteiger partial charge in [0, 0.05) is 24.6 Å². The Morgan fingerprint density at radius 1 is 0.962 bits per heavy atom. The summed E-state index contributed by atoms with van der Waals surface area (Å²) in [5.74, 6) is 1.74. The van der Waals surface area contributed by atoms with Gasteiger partial charge in [-0.25, -0.2) is 0 Å². The van der Waals surface area contributed by atoms with Crippen molar-refractivity contribution in [1.29, 1.82) is 0 Å². The Balaban J connectivity index is 0.00000243. The van der Waals surface area contributed by atoms with E-state index in [1.807, 2.05) is 42.5 Å². The standard InChI is InChI=1S/C19H15Br2Cl2NO.ClH/c20-13-2-5-16(17(21)9-13)19-6-4-15(25-19)11-24-8-7-12-1-3-14(22)10-18(12)23;/h1-6,9-10,24H,7-8,11H2;1H. The van der Waals surface area contributed by atoms with Crippen LogP contribution in [0.5, 0.6) is 0 Å². The third-order valence-corrected chi connectivity index (χ3v) is 5.48. The van der Waals surface area contributed by atoms with Crippen LogP contribution < -0.4 is 5.32 Å². The van der Waals surface area contributed by atoms with E-state index in [0.29, 0.717) is 16.6 Å². The highest BCUT2D eigenvalue weighted by atomic mass is 79.9. The second kappa shape index (κ2) is 10.2. The lowest BCUT2D eigenvalue weighted by molar-refractivity contribution is 0.494. The zero-order valence-corrected chi connectivity index (χ0v) is 19.1. The van der Waals surface area contributed by atoms with Crippen LogP contribution >= 0.6 is 67.5 Å². The molecule has 0 fully saturated rings. The minimum Gasteiger partial charge on any atom is -0.460 e. The van der Waals surface area contributed by atoms with E-state index in [2.05, 4.69) is 37.2 Å². The van der Waals surface area contributed by atoms with Crippen LogP contribution in [0.1, 0.15) is 11.3 Å². The van der Waals surface area contributed by atoms with E-state index in [1.54, 1.807) is 6.07 Å². The highest BCUT2D eigenvalue weighted by Crippen LogP contribution is 2.32. The average Bonchev–Trinajstić information content (AvgIpc) is 3.02. The molecule has 2 aromatic carbocycles. The van der Waals surface area contributed by atoms with E-state index in [9.17, 15) is 0 Å². The number of rotatable bonds is 6. The summed E-state index contributed by atoms with van der Waals surface area (Å²) in [6, 6.07) is 15.6. The van der Waals surface area contributed by atoms with Crippen LogP contribution in [0.2, 0.25) is 10.0 Å². The molecule has 0 atom stereocenters. The first-order valence-electron chi connectivity index (χ1n) is 7.72. The second-order valence-corrected chi connectivity index (χ2v) is 8.17. The molecule has 0 unspecified atom stereocenters. The molecule has 0 saturated heterocycles. The second-order valence-electron chi connectivity index (χ2n) is 5.55. The molecule has 0 bridgehead atoms. The Labute approximate surface area is 185 Å². The Morgan fingerprint density at radius 2 is 1.77 bits per heavy atom. The summed E-state index contributed by atoms with van der Waals surface area (Å²) in [5, 5.41) is 4.74. The molecular formula is C19H16Br2Cl3NO. The van der Waals surface area contributed by atoms with Gasteiger partial charge in [0.15, 0.2) is 0 Å². The SMILES string of the molecule is Cl.Clc1ccc(CCNCc2ccc(-c3ccc(Br)cc3Br)o2)c(Cl)c1. The Bertz CT molecular complexity index is 883. The highest BCUT2D eigenvalue weighted by molar-refractivity contribution is 9.11. The van der Waals surface area contributed by atoms with Gasteiger partial charge in [-0.15, -0.1) is 12.4 Å². The molecule has 7 heteroatoms. The van der Waals surface area contributed by atoms with E-state index in [-0.39, 0.29) is 12.4 Å². The highest BCUT2D eigenvalue weighted by Gasteiger charge is 2.09. The van der Waals surface area contributed by atoms with E-state index in [4.69, 9.17) is 27.6 Å². The molecule has 0 aliphatic carbocycles. The summed E-state index contributed by atoms with van der Waals surface area (Å²) in [5.41, 5.74) is 2.11. The molecule has 2 nitrogen and oxygen atoms in total. The fourth-order valence-electron chi connectivity index (χ4n) is 2.47. The maximum Gasteiger partial charge on any atom is 0.135 e. The number of nitrogens with one attached hydrogen (secondary N) is 1. The van der Waals surface area contributed by atoms with E-state index >= 15 is 0 Å². The van der Waals surface area contributed by atoms with Gasteiger partial charge in [0.1, 0.15) is 11.5 Å². The van der Waals surface area contributed by atoms with Crippen LogP contribution in [0.4, 0.5) is 0 Å². The van der Waals surface area contributed by atoms with Gasteiger partial charge in [0.05, 0.1) is 6.54 Å². The quantitative estimate of drug-likeness (QED) is 0.327. The lowest BCUT2D eigenvalue weighted by Crippen LogP contribution is -2.16. The van der Waals surface area contributed by atoms with Gasteiger partial charge in [-0.3, -0.25) is 0 Å². The van der Waals surface area contributed by atoms with Gasteiger partial charge in [-0.2, -0.15) is 0 Å². The molecule has 0 radical (unpaired) electrons. The van der Waals surface area contributed by atoms with Gasteiger partial charge in [0.2, 0.25) is 0 Å². The summed E-state index contributed by atoms with van der Waals surface area (Å²) in [4.78, 5) is 0. The fraction of sp³-hybridized carbons (Fsp3) is 0.158. The molecule has 1 heterocycles. The minimum absolute atomic E-state index is 0. The zero-order valence-electron chi connectivity index (χ0n) is 13.6. The first kappa shape index (κ1) is 21.8. The van der Waals surface area contributed by atoms with Crippen LogP contribution in [0, 0.1) is 0 Å². The maximum atomic E-state index is 6.18. The van der Waals surface area contributed by atoms with Crippen LogP contribution in [0.15, 0.2) is 61.9 Å². The molecule has 0 saturated carbocycles. The third kappa shape index (κ3) is 5.75. The molecule has 0 aliphatic rings. The van der Waals surface area contributed by atoms with Crippen molar-refractivity contribution in [3.8, 4) is 11.3 Å². The van der Waals surface area contributed by atoms with Crippen molar-refractivity contribution in [3.05, 3.63) is 78.8 Å². The van der Waals surface area contributed by atoms with Crippen LogP contribution in [0.3, 0.4) is 0 Å². The summed E-state index contributed by atoms with van der Waals surface area (Å²) >= 11 is 19.1. The molecule has 138 valence electrons. The van der Waals surface area contributed by atoms with Crippen LogP contribution in [0.25, 0.3) is 11.3 Å². The lowest BCUT2D eigenvalue weighted by atomic mass is 10.1. The van der Waals surface area contributed by atoms with Crippen molar-refractivity contribution in [2.24, 2.45) is 0 Å². The van der Waals surface area contributed by atoms with Crippen molar-refractivity contribution in [1.82, 2.24) is 5.32 Å². The largest absolute Gasteiger partial charge is 0.460 e. The third-order valence-electron chi connectivity index (χ3n) is 3.74. The fourth-order valence-corrected chi connectivity index (χ4v) is 4.21. The molecule has 0 amide bonds. The number of hydrogen-bond acceptors (Lipinski definition) is 2. The van der Waals surface area contributed by atoms with Crippen LogP contribution in [-0.4, -0.2) is 6.54 Å². The predicted octanol–water partition coefficient (Wildman–Crippen LogP) is 7.53. The van der Waals surface area contributed by atoms with Gasteiger partial charge < -0.3 is 9.73 Å². The summed E-state index contributed by atoms with van der Waals surface area (Å²) < 4.78 is 7.95. The first-order valence-corrected chi connectivity index (χ1v) is 10.1. The lowest BCUT2D eigenvalue weighted by Gasteiger charge is -2.06. The van der Waals surface area contributed by atoms with Crippen LogP contribution in [-0.2, 0) is 13.0 Å². The van der Waals surface area contributed by atoms with Crippen molar-refractivity contribution in [2.45, 2.75) is 13.0 Å². The van der Waals surface area contributed by atoms with Crippen molar-refractivity contribution < 1.29 is 4.42 Å². The molecular weight excluding hydrogens is 524 g/mol. The summed E-state index contributed by atoms with van der Waals surface area (Å²) in [7, 11) is 0. The molecule has 1 aromatic heterocycles. The number of benzene rings is 2. The number of halogens is 5. The van der Waals surface area contributed by atoms with Gasteiger partial charge in [-0.1, -0.05) is 45.2 Å². The zero-order chi connectivity index (χ0) is 17.8. The molecule has 26 heavy (non-hydrogen) atoms. The van der Waals surface area contributed by atoms with Crippen molar-refractivity contribution in [3.63, 3.8) is 0 Å². The van der Waals surface area contributed by atoms with E-state index in [0.717, 1.165) is 44.6 Å². The molecule has 0 aliphatic heterocycles. The first-order chi connectivity index (χ1) is 12.0. The average molecular weight is 541 g/mol. The van der Waals surface area contributed by atoms with Crippen molar-refractivity contribution >= 4 is 67.5 Å². The predicted molar refractivity (Wildman–Crippen MR) is 119 cm³/mol. The molecule has 1 N–H and O–H groups in total. The topological polar surface area (TPSA) is 25.2 Å². The summed E-state index contributed by atoms with van der Waals surface area (Å²) in [6.07, 6.45) is 0.835. The van der Waals surface area contributed by atoms with Gasteiger partial charge in [-0.05, 0) is 76.9 Å². The monoisotopic (exact) mass is 537 g/mol. The molecule has 0 spiro atoms. The van der Waals surface area contributed by atoms with Gasteiger partial charge >= 0.3 is 0 Å². The Kier molecular flexibility index (Phi) is 8.52. The van der Waals surface area contributed by atoms with Gasteiger partial charge in [0.25, 0.3) is 0 Å². The minimum atomic E-state index is 0. The maximum absolute atomic E-state index is 6.18. The van der Waals surface area contributed by atoms with E-state index < -0.39 is 0 Å². The number of furan rings is 1. The van der Waals surface area contributed by atoms with E-state index in [1.165, 1.54) is 0 Å². The Morgan fingerprint density at radius 3 is 2.50 bits per heavy atom.